The molecule has 0 radical (unpaired) electrons. The molecule has 1 aromatic rings. The molecular weight excluding hydrogens is 229 g/mol. The molecular formula is C15H22FNO. The van der Waals surface area contributed by atoms with Gasteiger partial charge in [-0.1, -0.05) is 19.9 Å². The molecule has 1 aliphatic heterocycles. The number of rotatable bonds is 3. The molecule has 0 aliphatic carbocycles. The van der Waals surface area contributed by atoms with Crippen LogP contribution >= 0.6 is 0 Å². The Morgan fingerprint density at radius 2 is 2.00 bits per heavy atom. The van der Waals surface area contributed by atoms with Gasteiger partial charge in [0.15, 0.2) is 11.6 Å². The fourth-order valence-electron chi connectivity index (χ4n) is 2.68. The summed E-state index contributed by atoms with van der Waals surface area (Å²) in [5, 5.41) is 9.16. The third-order valence-electron chi connectivity index (χ3n) is 3.99. The Labute approximate surface area is 108 Å². The number of nitrogens with zero attached hydrogens (tertiary/aromatic N) is 1. The van der Waals surface area contributed by atoms with Crippen molar-refractivity contribution in [1.29, 1.82) is 0 Å². The molecule has 1 heterocycles. The first-order valence-electron chi connectivity index (χ1n) is 6.76. The molecule has 1 saturated heterocycles. The van der Waals surface area contributed by atoms with Crippen LogP contribution in [0.25, 0.3) is 0 Å². The van der Waals surface area contributed by atoms with E-state index in [4.69, 9.17) is 5.11 Å². The van der Waals surface area contributed by atoms with Gasteiger partial charge in [-0.05, 0) is 55.5 Å². The molecule has 3 heteroatoms. The Morgan fingerprint density at radius 3 is 2.56 bits per heavy atom. The van der Waals surface area contributed by atoms with E-state index in [0.29, 0.717) is 0 Å². The molecule has 1 aromatic carbocycles. The smallest absolute Gasteiger partial charge is 0.165 e. The summed E-state index contributed by atoms with van der Waals surface area (Å²) >= 11 is 0. The predicted octanol–water partition coefficient (Wildman–Crippen LogP) is 3.40. The van der Waals surface area contributed by atoms with E-state index in [2.05, 4.69) is 18.7 Å². The Hall–Kier alpha value is -1.09. The number of hydrogen-bond acceptors (Lipinski definition) is 2. The minimum absolute atomic E-state index is 0.266. The monoisotopic (exact) mass is 251 g/mol. The van der Waals surface area contributed by atoms with Crippen LogP contribution in [0.3, 0.4) is 0 Å². The molecule has 0 amide bonds. The number of phenolic OH excluding ortho intramolecular Hbond substituents is 1. The maximum absolute atomic E-state index is 13.2. The minimum atomic E-state index is -0.524. The maximum atomic E-state index is 13.2. The normalized spacial score (nSPS) is 18.4. The Balaban J connectivity index is 1.89. The summed E-state index contributed by atoms with van der Waals surface area (Å²) in [4.78, 5) is 2.37. The zero-order valence-electron chi connectivity index (χ0n) is 11.2. The first-order chi connectivity index (χ1) is 8.56. The second kappa shape index (κ2) is 5.70. The summed E-state index contributed by atoms with van der Waals surface area (Å²) in [6.07, 6.45) is 2.47. The van der Waals surface area contributed by atoms with Gasteiger partial charge >= 0.3 is 0 Å². The van der Waals surface area contributed by atoms with E-state index in [0.717, 1.165) is 37.0 Å². The van der Waals surface area contributed by atoms with E-state index in [-0.39, 0.29) is 5.75 Å². The van der Waals surface area contributed by atoms with Gasteiger partial charge in [0.1, 0.15) is 0 Å². The molecule has 18 heavy (non-hydrogen) atoms. The van der Waals surface area contributed by atoms with E-state index in [1.54, 1.807) is 6.07 Å². The summed E-state index contributed by atoms with van der Waals surface area (Å²) < 4.78 is 13.2. The zero-order valence-corrected chi connectivity index (χ0v) is 11.2. The van der Waals surface area contributed by atoms with Crippen molar-refractivity contribution in [2.24, 2.45) is 11.8 Å². The van der Waals surface area contributed by atoms with E-state index in [1.807, 2.05) is 0 Å². The maximum Gasteiger partial charge on any atom is 0.165 e. The summed E-state index contributed by atoms with van der Waals surface area (Å²) in [5.41, 5.74) is 0.938. The van der Waals surface area contributed by atoms with Crippen LogP contribution in [0, 0.1) is 17.7 Å². The number of hydrogen-bond donors (Lipinski definition) is 1. The van der Waals surface area contributed by atoms with Crippen molar-refractivity contribution in [1.82, 2.24) is 4.90 Å². The molecule has 0 aromatic heterocycles. The van der Waals surface area contributed by atoms with Crippen molar-refractivity contribution in [3.05, 3.63) is 29.6 Å². The van der Waals surface area contributed by atoms with Crippen molar-refractivity contribution < 1.29 is 9.50 Å². The molecule has 2 nitrogen and oxygen atoms in total. The molecule has 0 saturated carbocycles. The lowest BCUT2D eigenvalue weighted by Gasteiger charge is -2.33. The molecule has 1 N–H and O–H groups in total. The van der Waals surface area contributed by atoms with E-state index in [1.165, 1.54) is 25.0 Å². The third kappa shape index (κ3) is 3.22. The Kier molecular flexibility index (Phi) is 4.23. The number of aromatic hydroxyl groups is 1. The van der Waals surface area contributed by atoms with Gasteiger partial charge in [0.05, 0.1) is 0 Å². The standard InChI is InChI=1S/C15H22FNO/c1-11(2)13-5-7-17(8-6-13)10-12-3-4-15(18)14(16)9-12/h3-4,9,11,13,18H,5-8,10H2,1-2H3. The van der Waals surface area contributed by atoms with Crippen LogP contribution in [0.1, 0.15) is 32.3 Å². The van der Waals surface area contributed by atoms with Crippen LogP contribution in [0.2, 0.25) is 0 Å². The van der Waals surface area contributed by atoms with Gasteiger partial charge in [0, 0.05) is 6.54 Å². The fraction of sp³-hybridized carbons (Fsp3) is 0.600. The van der Waals surface area contributed by atoms with Crippen LogP contribution in [-0.4, -0.2) is 23.1 Å². The molecule has 100 valence electrons. The van der Waals surface area contributed by atoms with Crippen LogP contribution < -0.4 is 0 Å². The quantitative estimate of drug-likeness (QED) is 0.890. The van der Waals surface area contributed by atoms with Crippen LogP contribution in [-0.2, 0) is 6.54 Å². The molecule has 0 spiro atoms. The second-order valence-electron chi connectivity index (χ2n) is 5.64. The first-order valence-corrected chi connectivity index (χ1v) is 6.76. The van der Waals surface area contributed by atoms with Crippen molar-refractivity contribution in [3.63, 3.8) is 0 Å². The van der Waals surface area contributed by atoms with E-state index in [9.17, 15) is 4.39 Å². The van der Waals surface area contributed by atoms with Gasteiger partial charge in [-0.25, -0.2) is 4.39 Å². The highest BCUT2D eigenvalue weighted by Crippen LogP contribution is 2.25. The number of halogens is 1. The first kappa shape index (κ1) is 13.3. The molecule has 0 bridgehead atoms. The number of piperidine rings is 1. The fourth-order valence-corrected chi connectivity index (χ4v) is 2.68. The summed E-state index contributed by atoms with van der Waals surface area (Å²) in [7, 11) is 0. The highest BCUT2D eigenvalue weighted by Gasteiger charge is 2.21. The number of likely N-dealkylation sites (tertiary alicyclic amines) is 1. The second-order valence-corrected chi connectivity index (χ2v) is 5.64. The Morgan fingerprint density at radius 1 is 1.33 bits per heavy atom. The highest BCUT2D eigenvalue weighted by atomic mass is 19.1. The van der Waals surface area contributed by atoms with Crippen LogP contribution in [0.5, 0.6) is 5.75 Å². The summed E-state index contributed by atoms with van der Waals surface area (Å²) in [5.74, 6) is 0.804. The van der Waals surface area contributed by atoms with Gasteiger partial charge in [-0.15, -0.1) is 0 Å². The summed E-state index contributed by atoms with van der Waals surface area (Å²) in [6.45, 7) is 7.53. The largest absolute Gasteiger partial charge is 0.505 e. The van der Waals surface area contributed by atoms with Crippen molar-refractivity contribution in [3.8, 4) is 5.75 Å². The Bertz CT molecular complexity index is 397. The average molecular weight is 251 g/mol. The van der Waals surface area contributed by atoms with Gasteiger partial charge in [-0.3, -0.25) is 4.90 Å². The number of phenols is 1. The number of benzene rings is 1. The predicted molar refractivity (Wildman–Crippen MR) is 70.9 cm³/mol. The van der Waals surface area contributed by atoms with Crippen LogP contribution in [0.15, 0.2) is 18.2 Å². The van der Waals surface area contributed by atoms with Crippen molar-refractivity contribution in [2.75, 3.05) is 13.1 Å². The molecule has 1 fully saturated rings. The average Bonchev–Trinajstić information content (AvgIpc) is 2.34. The van der Waals surface area contributed by atoms with Crippen molar-refractivity contribution in [2.45, 2.75) is 33.2 Å². The SMILES string of the molecule is CC(C)C1CCN(Cc2ccc(O)c(F)c2)CC1. The van der Waals surface area contributed by atoms with E-state index < -0.39 is 5.82 Å². The zero-order chi connectivity index (χ0) is 13.1. The van der Waals surface area contributed by atoms with E-state index >= 15 is 0 Å². The molecule has 0 atom stereocenters. The van der Waals surface area contributed by atoms with Gasteiger partial charge < -0.3 is 5.11 Å². The summed E-state index contributed by atoms with van der Waals surface area (Å²) in [6, 6.07) is 4.67. The van der Waals surface area contributed by atoms with Crippen LogP contribution in [0.4, 0.5) is 4.39 Å². The van der Waals surface area contributed by atoms with Gasteiger partial charge in [0.25, 0.3) is 0 Å². The lowest BCUT2D eigenvalue weighted by molar-refractivity contribution is 0.152. The topological polar surface area (TPSA) is 23.5 Å². The molecule has 2 rings (SSSR count). The van der Waals surface area contributed by atoms with Gasteiger partial charge in [-0.2, -0.15) is 0 Å². The molecule has 0 unspecified atom stereocenters. The lowest BCUT2D eigenvalue weighted by atomic mass is 9.86. The third-order valence-corrected chi connectivity index (χ3v) is 3.99. The van der Waals surface area contributed by atoms with Crippen molar-refractivity contribution >= 4 is 0 Å². The lowest BCUT2D eigenvalue weighted by Crippen LogP contribution is -2.34. The van der Waals surface area contributed by atoms with Gasteiger partial charge in [0.2, 0.25) is 0 Å². The highest BCUT2D eigenvalue weighted by molar-refractivity contribution is 5.27. The molecule has 1 aliphatic rings. The minimum Gasteiger partial charge on any atom is -0.505 e.